The van der Waals surface area contributed by atoms with Crippen molar-refractivity contribution in [3.63, 3.8) is 0 Å². The van der Waals surface area contributed by atoms with Crippen LogP contribution in [0.4, 0.5) is 34.1 Å². The largest absolute Gasteiger partial charge is 0.311 e. The summed E-state index contributed by atoms with van der Waals surface area (Å²) in [7, 11) is 0. The third-order valence-corrected chi connectivity index (χ3v) is 27.0. The number of benzene rings is 14. The number of nitrogens with zero attached hydrogens (tertiary/aromatic N) is 4. The van der Waals surface area contributed by atoms with E-state index in [1.165, 1.54) is 177 Å². The van der Waals surface area contributed by atoms with Crippen molar-refractivity contribution in [2.24, 2.45) is 0 Å². The summed E-state index contributed by atoms with van der Waals surface area (Å²) in [5.74, 6) is 0. The van der Waals surface area contributed by atoms with Crippen LogP contribution in [0.25, 0.3) is 99.5 Å². The molecule has 584 valence electrons. The Morgan fingerprint density at radius 1 is 0.237 bits per heavy atom. The van der Waals surface area contributed by atoms with Gasteiger partial charge in [-0.05, 0) is 246 Å². The number of hydrogen-bond donors (Lipinski definition) is 0. The normalized spacial score (nSPS) is 14.3. The van der Waals surface area contributed by atoms with Gasteiger partial charge in [0.1, 0.15) is 0 Å². The Bertz CT molecular complexity index is 6760. The lowest BCUT2D eigenvalue weighted by Crippen LogP contribution is -2.61. The summed E-state index contributed by atoms with van der Waals surface area (Å²) in [6.07, 6.45) is 0. The van der Waals surface area contributed by atoms with Gasteiger partial charge in [0.05, 0.1) is 38.9 Å². The van der Waals surface area contributed by atoms with E-state index in [1.54, 1.807) is 0 Å². The molecule has 118 heavy (non-hydrogen) atoms. The van der Waals surface area contributed by atoms with Crippen molar-refractivity contribution in [2.75, 3.05) is 9.80 Å². The molecule has 2 aliphatic carbocycles. The van der Waals surface area contributed by atoms with Crippen LogP contribution >= 0.6 is 0 Å². The van der Waals surface area contributed by atoms with Crippen molar-refractivity contribution in [1.82, 2.24) is 9.13 Å². The smallest absolute Gasteiger partial charge is 0.252 e. The van der Waals surface area contributed by atoms with Crippen LogP contribution in [-0.4, -0.2) is 15.8 Å². The summed E-state index contributed by atoms with van der Waals surface area (Å²) in [6, 6.07) is 111. The van der Waals surface area contributed by atoms with E-state index in [2.05, 4.69) is 443 Å². The fourth-order valence-corrected chi connectivity index (χ4v) is 20.5. The maximum absolute atomic E-state index is 2.73. The van der Waals surface area contributed by atoms with Gasteiger partial charge in [-0.15, -0.1) is 0 Å². The highest BCUT2D eigenvalue weighted by Gasteiger charge is 2.53. The van der Waals surface area contributed by atoms with Crippen molar-refractivity contribution in [3.8, 4) is 55.9 Å². The van der Waals surface area contributed by atoms with Gasteiger partial charge in [-0.1, -0.05) is 327 Å². The molecular formula is C113H109BN4. The van der Waals surface area contributed by atoms with Crippen LogP contribution in [0.1, 0.15) is 207 Å². The topological polar surface area (TPSA) is 16.3 Å². The van der Waals surface area contributed by atoms with Crippen LogP contribution in [0, 0.1) is 0 Å². The third-order valence-electron chi connectivity index (χ3n) is 27.0. The van der Waals surface area contributed by atoms with Gasteiger partial charge in [-0.3, -0.25) is 0 Å². The highest BCUT2D eigenvalue weighted by molar-refractivity contribution is 7.00. The number of anilines is 6. The summed E-state index contributed by atoms with van der Waals surface area (Å²) in [6.45, 7) is 49.2. The molecule has 2 aromatic heterocycles. The van der Waals surface area contributed by atoms with E-state index >= 15 is 0 Å². The minimum Gasteiger partial charge on any atom is -0.311 e. The first-order valence-electron chi connectivity index (χ1n) is 43.0. The quantitative estimate of drug-likeness (QED) is 0.154. The maximum atomic E-state index is 2.73. The molecule has 0 atom stereocenters. The lowest BCUT2D eigenvalue weighted by atomic mass is 9.33. The molecule has 4 aliphatic rings. The molecule has 2 aliphatic heterocycles. The molecule has 0 bridgehead atoms. The Balaban J connectivity index is 0.914. The number of rotatable bonds is 6. The Kier molecular flexibility index (Phi) is 16.3. The number of hydrogen-bond acceptors (Lipinski definition) is 2. The first-order valence-corrected chi connectivity index (χ1v) is 43.0. The average Bonchev–Trinajstić information content (AvgIpc) is 1.46. The van der Waals surface area contributed by atoms with E-state index in [4.69, 9.17) is 0 Å². The molecule has 20 rings (SSSR count). The molecule has 5 heteroatoms. The fraction of sp³-hybridized carbons (Fsp3) is 0.257. The molecule has 0 radical (unpaired) electrons. The molecule has 1 spiro atoms. The molecule has 0 fully saturated rings. The van der Waals surface area contributed by atoms with Crippen LogP contribution in [0.5, 0.6) is 0 Å². The zero-order chi connectivity index (χ0) is 82.4. The predicted molar refractivity (Wildman–Crippen MR) is 507 cm³/mol. The molecule has 0 saturated carbocycles. The highest BCUT2D eigenvalue weighted by atomic mass is 15.2. The zero-order valence-corrected chi connectivity index (χ0v) is 72.9. The minimum atomic E-state index is -0.561. The fourth-order valence-electron chi connectivity index (χ4n) is 20.5. The van der Waals surface area contributed by atoms with E-state index < -0.39 is 5.41 Å². The van der Waals surface area contributed by atoms with E-state index in [-0.39, 0.29) is 44.6 Å². The summed E-state index contributed by atoms with van der Waals surface area (Å²) >= 11 is 0. The summed E-state index contributed by atoms with van der Waals surface area (Å²) < 4.78 is 5.20. The lowest BCUT2D eigenvalue weighted by Gasteiger charge is -2.46. The van der Waals surface area contributed by atoms with Gasteiger partial charge in [0.15, 0.2) is 0 Å². The van der Waals surface area contributed by atoms with Gasteiger partial charge >= 0.3 is 0 Å². The van der Waals surface area contributed by atoms with Gasteiger partial charge in [-0.2, -0.15) is 0 Å². The van der Waals surface area contributed by atoms with Crippen LogP contribution in [0.3, 0.4) is 0 Å². The van der Waals surface area contributed by atoms with Crippen molar-refractivity contribution < 1.29 is 0 Å². The first kappa shape index (κ1) is 75.1. The third kappa shape index (κ3) is 11.4. The maximum Gasteiger partial charge on any atom is 0.252 e. The number of para-hydroxylation sites is 1. The van der Waals surface area contributed by atoms with Gasteiger partial charge in [0, 0.05) is 66.8 Å². The summed E-state index contributed by atoms with van der Waals surface area (Å²) in [5, 5.41) is 5.08. The van der Waals surface area contributed by atoms with Crippen LogP contribution in [-0.2, 0) is 43.3 Å². The zero-order valence-electron chi connectivity index (χ0n) is 72.9. The molecule has 14 aromatic carbocycles. The van der Waals surface area contributed by atoms with Gasteiger partial charge in [-0.25, -0.2) is 0 Å². The summed E-state index contributed by atoms with van der Waals surface area (Å²) in [4.78, 5) is 5.45. The van der Waals surface area contributed by atoms with Crippen LogP contribution in [0.15, 0.2) is 279 Å². The van der Waals surface area contributed by atoms with Gasteiger partial charge in [0.2, 0.25) is 0 Å². The van der Waals surface area contributed by atoms with E-state index in [1.807, 2.05) is 0 Å². The second-order valence-electron chi connectivity index (χ2n) is 41.8. The minimum absolute atomic E-state index is 0.0320. The Hall–Kier alpha value is -11.7. The molecule has 0 amide bonds. The lowest BCUT2D eigenvalue weighted by molar-refractivity contribution is 0.589. The molecule has 0 unspecified atom stereocenters. The van der Waals surface area contributed by atoms with Gasteiger partial charge in [0.25, 0.3) is 6.71 Å². The predicted octanol–water partition coefficient (Wildman–Crippen LogP) is 28.7. The summed E-state index contributed by atoms with van der Waals surface area (Å²) in [5.41, 5.74) is 40.9. The highest BCUT2D eigenvalue weighted by Crippen LogP contribution is 2.65. The number of fused-ring (bicyclic) bond motifs is 21. The molecule has 0 N–H and O–H groups in total. The Morgan fingerprint density at radius 3 is 1.01 bits per heavy atom. The van der Waals surface area contributed by atoms with E-state index in [9.17, 15) is 0 Å². The Labute approximate surface area is 700 Å². The van der Waals surface area contributed by atoms with E-state index in [0.717, 1.165) is 34.1 Å². The second-order valence-corrected chi connectivity index (χ2v) is 41.8. The SMILES string of the molecule is CC(C)(C)c1ccc(-c2cc(C(C)(C)C)ccc2N2c3cc(-n4c5ccc(C(C)(C)C)cc5c5cc(C(C)(C)C)ccc54)ccc3B3c4ccc(-n5c6ccccc6c6c7c(ccc65)-c5ccccc5C75c6ccccc6-c6ccccc65)cc4N(c4ccc(C(C)(C)C)cc4-c4ccc(C(C)(C)C)cc4)c4cc(C(C)(C)C)cc2c43)cc1. The number of aromatic nitrogens is 2. The van der Waals surface area contributed by atoms with Crippen molar-refractivity contribution in [1.29, 1.82) is 0 Å². The van der Waals surface area contributed by atoms with E-state index in [0.29, 0.717) is 0 Å². The van der Waals surface area contributed by atoms with Crippen molar-refractivity contribution in [2.45, 2.75) is 189 Å². The molecule has 16 aromatic rings. The van der Waals surface area contributed by atoms with Crippen LogP contribution in [0.2, 0.25) is 0 Å². The van der Waals surface area contributed by atoms with Crippen LogP contribution < -0.4 is 26.2 Å². The van der Waals surface area contributed by atoms with Gasteiger partial charge < -0.3 is 18.9 Å². The average molecular weight is 1530 g/mol. The Morgan fingerprint density at radius 2 is 0.585 bits per heavy atom. The van der Waals surface area contributed by atoms with Crippen molar-refractivity contribution in [3.05, 3.63) is 340 Å². The molecular weight excluding hydrogens is 1420 g/mol. The van der Waals surface area contributed by atoms with Crippen molar-refractivity contribution >= 4 is 101 Å². The first-order chi connectivity index (χ1) is 56.0. The molecule has 4 nitrogen and oxygen atoms in total. The standard InChI is InChI=1S/C113H109BN4/c1-106(2,3)70-42-38-68(39-43-70)84-60-72(108(7,8)9)46-55-94(84)117-99-66-77(115-96-57-48-74(110(13,14)15)62-86(96)87-63-75(111(16,17)18)49-58-97(87)115)50-53-91(99)114-92-54-51-78(67-100(92)118(102-65-76(112(19,20)21)64-101(117)105(102)114)95-56-47-73(109(10,11)12)61-85(95)69-40-44-71(45-41-69)107(4,5)6)116-93-37-29-25-33-83(93)103-98(116)59-52-82-81-32-24-28-36-90(81)113(104(82)103)88-34-26-22-30-79(88)80-31-23-27-35-89(80)113/h22-67H,1-21H3. The second kappa shape index (κ2) is 25.7. The molecule has 4 heterocycles. The monoisotopic (exact) mass is 1530 g/mol. The molecule has 0 saturated heterocycles.